The summed E-state index contributed by atoms with van der Waals surface area (Å²) in [6.07, 6.45) is 5.21. The van der Waals surface area contributed by atoms with Gasteiger partial charge < -0.3 is 10.4 Å². The molecule has 0 saturated heterocycles. The highest BCUT2D eigenvalue weighted by Gasteiger charge is 2.31. The standard InChI is InChI=1S/C14H21N3O3S/c1-2-5-11-12(21-17-16-11)13(18)15-8-9-6-3-4-7-10(9)14(19)20/h9-10H,2-8H2,1H3,(H,15,18)(H,19,20). The van der Waals surface area contributed by atoms with Crippen molar-refractivity contribution in [1.29, 1.82) is 0 Å². The van der Waals surface area contributed by atoms with Crippen LogP contribution in [-0.2, 0) is 11.2 Å². The minimum atomic E-state index is -0.750. The highest BCUT2D eigenvalue weighted by Crippen LogP contribution is 2.29. The largest absolute Gasteiger partial charge is 0.481 e. The van der Waals surface area contributed by atoms with Crippen LogP contribution in [0.5, 0.6) is 0 Å². The van der Waals surface area contributed by atoms with Crippen molar-refractivity contribution in [2.24, 2.45) is 11.8 Å². The normalized spacial score (nSPS) is 22.0. The first-order valence-corrected chi connectivity index (χ1v) is 8.23. The monoisotopic (exact) mass is 311 g/mol. The Morgan fingerprint density at radius 2 is 2.14 bits per heavy atom. The van der Waals surface area contributed by atoms with Gasteiger partial charge >= 0.3 is 5.97 Å². The molecule has 0 bridgehead atoms. The molecule has 0 aliphatic heterocycles. The van der Waals surface area contributed by atoms with E-state index < -0.39 is 5.97 Å². The van der Waals surface area contributed by atoms with Gasteiger partial charge in [-0.2, -0.15) is 0 Å². The first-order chi connectivity index (χ1) is 10.1. The van der Waals surface area contributed by atoms with Crippen molar-refractivity contribution in [1.82, 2.24) is 14.9 Å². The van der Waals surface area contributed by atoms with Crippen molar-refractivity contribution >= 4 is 23.4 Å². The smallest absolute Gasteiger partial charge is 0.306 e. The number of hydrogen-bond acceptors (Lipinski definition) is 5. The lowest BCUT2D eigenvalue weighted by Crippen LogP contribution is -2.37. The number of aromatic nitrogens is 2. The first-order valence-electron chi connectivity index (χ1n) is 7.45. The second-order valence-electron chi connectivity index (χ2n) is 5.50. The number of hydrogen-bond donors (Lipinski definition) is 2. The quantitative estimate of drug-likeness (QED) is 0.839. The van der Waals surface area contributed by atoms with Gasteiger partial charge in [0, 0.05) is 6.54 Å². The Morgan fingerprint density at radius 3 is 2.86 bits per heavy atom. The summed E-state index contributed by atoms with van der Waals surface area (Å²) in [5.74, 6) is -1.24. The average Bonchev–Trinajstić information content (AvgIpc) is 2.93. The molecule has 0 spiro atoms. The van der Waals surface area contributed by atoms with E-state index in [1.165, 1.54) is 0 Å². The summed E-state index contributed by atoms with van der Waals surface area (Å²) in [5.41, 5.74) is 0.735. The maximum absolute atomic E-state index is 12.2. The molecule has 1 amide bonds. The van der Waals surface area contributed by atoms with Crippen molar-refractivity contribution < 1.29 is 14.7 Å². The van der Waals surface area contributed by atoms with Gasteiger partial charge in [0.25, 0.3) is 5.91 Å². The highest BCUT2D eigenvalue weighted by atomic mass is 32.1. The lowest BCUT2D eigenvalue weighted by atomic mass is 9.79. The van der Waals surface area contributed by atoms with Gasteiger partial charge in [-0.25, -0.2) is 0 Å². The Bertz CT molecular complexity index is 503. The molecule has 0 aromatic carbocycles. The van der Waals surface area contributed by atoms with Gasteiger partial charge in [-0.1, -0.05) is 30.7 Å². The number of carbonyl (C=O) groups excluding carboxylic acids is 1. The second kappa shape index (κ2) is 7.49. The summed E-state index contributed by atoms with van der Waals surface area (Å²) >= 11 is 1.10. The van der Waals surface area contributed by atoms with E-state index >= 15 is 0 Å². The maximum Gasteiger partial charge on any atom is 0.306 e. The molecule has 1 fully saturated rings. The molecule has 1 aromatic heterocycles. The van der Waals surface area contributed by atoms with Crippen LogP contribution >= 0.6 is 11.5 Å². The number of carboxylic acids is 1. The fourth-order valence-electron chi connectivity index (χ4n) is 2.86. The molecule has 21 heavy (non-hydrogen) atoms. The van der Waals surface area contributed by atoms with E-state index in [2.05, 4.69) is 14.9 Å². The minimum absolute atomic E-state index is 0.0238. The molecule has 7 heteroatoms. The molecule has 1 saturated carbocycles. The number of aryl methyl sites for hydroxylation is 1. The first kappa shape index (κ1) is 15.9. The molecule has 2 atom stereocenters. The molecule has 0 radical (unpaired) electrons. The number of aliphatic carboxylic acids is 1. The van der Waals surface area contributed by atoms with E-state index in [1.807, 2.05) is 6.92 Å². The van der Waals surface area contributed by atoms with Crippen molar-refractivity contribution in [2.75, 3.05) is 6.54 Å². The van der Waals surface area contributed by atoms with Crippen molar-refractivity contribution in [3.05, 3.63) is 10.6 Å². The van der Waals surface area contributed by atoms with E-state index in [-0.39, 0.29) is 17.7 Å². The van der Waals surface area contributed by atoms with Crippen molar-refractivity contribution in [3.63, 3.8) is 0 Å². The number of rotatable bonds is 6. The SMILES string of the molecule is CCCc1nnsc1C(=O)NCC1CCCCC1C(=O)O. The van der Waals surface area contributed by atoms with E-state index in [0.717, 1.165) is 49.3 Å². The Hall–Kier alpha value is -1.50. The van der Waals surface area contributed by atoms with E-state index in [0.29, 0.717) is 17.8 Å². The third kappa shape index (κ3) is 4.00. The molecule has 1 aliphatic carbocycles. The van der Waals surface area contributed by atoms with Crippen molar-refractivity contribution in [3.8, 4) is 0 Å². The second-order valence-corrected chi connectivity index (χ2v) is 6.25. The zero-order valence-corrected chi connectivity index (χ0v) is 13.0. The zero-order valence-electron chi connectivity index (χ0n) is 12.2. The van der Waals surface area contributed by atoms with Gasteiger partial charge in [-0.15, -0.1) is 5.10 Å². The third-order valence-electron chi connectivity index (χ3n) is 4.00. The lowest BCUT2D eigenvalue weighted by Gasteiger charge is -2.28. The van der Waals surface area contributed by atoms with E-state index in [4.69, 9.17) is 0 Å². The summed E-state index contributed by atoms with van der Waals surface area (Å²) < 4.78 is 3.84. The Labute approximate surface area is 128 Å². The van der Waals surface area contributed by atoms with Crippen molar-refractivity contribution in [2.45, 2.75) is 45.4 Å². The van der Waals surface area contributed by atoms with E-state index in [1.54, 1.807) is 0 Å². The lowest BCUT2D eigenvalue weighted by molar-refractivity contribution is -0.144. The van der Waals surface area contributed by atoms with Crippen LogP contribution in [0.15, 0.2) is 0 Å². The van der Waals surface area contributed by atoms with Gasteiger partial charge in [-0.05, 0) is 36.7 Å². The predicted molar refractivity (Wildman–Crippen MR) is 79.3 cm³/mol. The fourth-order valence-corrected chi connectivity index (χ4v) is 3.49. The summed E-state index contributed by atoms with van der Waals surface area (Å²) in [6.45, 7) is 2.44. The number of carbonyl (C=O) groups is 2. The summed E-state index contributed by atoms with van der Waals surface area (Å²) in [7, 11) is 0. The predicted octanol–water partition coefficient (Wildman–Crippen LogP) is 2.11. The fraction of sp³-hybridized carbons (Fsp3) is 0.714. The van der Waals surface area contributed by atoms with Crippen LogP contribution in [-0.4, -0.2) is 33.1 Å². The van der Waals surface area contributed by atoms with Crippen LogP contribution in [0.1, 0.15) is 54.4 Å². The topological polar surface area (TPSA) is 92.2 Å². The molecule has 116 valence electrons. The zero-order chi connectivity index (χ0) is 15.2. The molecule has 2 rings (SSSR count). The van der Waals surface area contributed by atoms with Crippen LogP contribution in [0.2, 0.25) is 0 Å². The van der Waals surface area contributed by atoms with Gasteiger partial charge in [0.05, 0.1) is 11.6 Å². The van der Waals surface area contributed by atoms with E-state index in [9.17, 15) is 14.7 Å². The minimum Gasteiger partial charge on any atom is -0.481 e. The van der Waals surface area contributed by atoms with Gasteiger partial charge in [-0.3, -0.25) is 9.59 Å². The average molecular weight is 311 g/mol. The molecule has 1 aliphatic rings. The Morgan fingerprint density at radius 1 is 1.38 bits per heavy atom. The highest BCUT2D eigenvalue weighted by molar-refractivity contribution is 7.08. The number of amides is 1. The van der Waals surface area contributed by atoms with Crippen LogP contribution in [0.25, 0.3) is 0 Å². The Balaban J connectivity index is 1.93. The molecule has 6 nitrogen and oxygen atoms in total. The van der Waals surface area contributed by atoms with Gasteiger partial charge in [0.2, 0.25) is 0 Å². The Kier molecular flexibility index (Phi) is 5.67. The molecular formula is C14H21N3O3S. The summed E-state index contributed by atoms with van der Waals surface area (Å²) in [5, 5.41) is 16.1. The molecule has 1 heterocycles. The van der Waals surface area contributed by atoms with Crippen LogP contribution < -0.4 is 5.32 Å². The molecule has 2 N–H and O–H groups in total. The number of carboxylic acid groups (broad SMARTS) is 1. The van der Waals surface area contributed by atoms with Crippen LogP contribution in [0, 0.1) is 11.8 Å². The summed E-state index contributed by atoms with van der Waals surface area (Å²) in [4.78, 5) is 24.0. The molecule has 1 aromatic rings. The number of nitrogens with one attached hydrogen (secondary N) is 1. The maximum atomic E-state index is 12.2. The molecule has 2 unspecified atom stereocenters. The van der Waals surface area contributed by atoms with Crippen LogP contribution in [0.4, 0.5) is 0 Å². The third-order valence-corrected chi connectivity index (χ3v) is 4.77. The number of nitrogens with zero attached hydrogens (tertiary/aromatic N) is 2. The van der Waals surface area contributed by atoms with Crippen LogP contribution in [0.3, 0.4) is 0 Å². The van der Waals surface area contributed by atoms with Gasteiger partial charge in [0.15, 0.2) is 0 Å². The summed E-state index contributed by atoms with van der Waals surface area (Å²) in [6, 6.07) is 0. The van der Waals surface area contributed by atoms with Gasteiger partial charge in [0.1, 0.15) is 4.88 Å². The molecular weight excluding hydrogens is 290 g/mol.